The third kappa shape index (κ3) is 1.59. The van der Waals surface area contributed by atoms with Crippen molar-refractivity contribution in [3.63, 3.8) is 0 Å². The van der Waals surface area contributed by atoms with Gasteiger partial charge in [0.15, 0.2) is 0 Å². The Balaban J connectivity index is 1.78. The van der Waals surface area contributed by atoms with Gasteiger partial charge in [0.2, 0.25) is 0 Å². The Kier molecular flexibility index (Phi) is 3.05. The third-order valence-corrected chi connectivity index (χ3v) is 9.12. The molecule has 0 amide bonds. The maximum Gasteiger partial charge on any atom is 0.136 e. The molecule has 0 radical (unpaired) electrons. The molecule has 3 fully saturated rings. The minimum atomic E-state index is 0.269. The van der Waals surface area contributed by atoms with Crippen molar-refractivity contribution in [2.45, 2.75) is 72.6 Å². The van der Waals surface area contributed by atoms with Gasteiger partial charge in [-0.05, 0) is 72.5 Å². The predicted molar refractivity (Wildman–Crippen MR) is 90.4 cm³/mol. The molecule has 22 heavy (non-hydrogen) atoms. The highest BCUT2D eigenvalue weighted by Gasteiger charge is 2.66. The van der Waals surface area contributed by atoms with E-state index in [0.29, 0.717) is 22.5 Å². The zero-order valence-electron chi connectivity index (χ0n) is 14.8. The molecule has 1 heteroatoms. The number of Topliss-reactive ketones (excluding diaryl/α,β-unsaturated/α-hetero) is 1. The molecule has 4 aliphatic carbocycles. The van der Waals surface area contributed by atoms with Gasteiger partial charge >= 0.3 is 0 Å². The minimum Gasteiger partial charge on any atom is -0.299 e. The summed E-state index contributed by atoms with van der Waals surface area (Å²) in [5.74, 6) is 3.34. The molecule has 0 unspecified atom stereocenters. The van der Waals surface area contributed by atoms with Crippen LogP contribution in [-0.4, -0.2) is 5.78 Å². The topological polar surface area (TPSA) is 17.1 Å². The van der Waals surface area contributed by atoms with E-state index in [1.807, 2.05) is 0 Å². The Bertz CT molecular complexity index is 534. The summed E-state index contributed by atoms with van der Waals surface area (Å²) in [5.41, 5.74) is 1.10. The van der Waals surface area contributed by atoms with Crippen molar-refractivity contribution in [2.24, 2.45) is 39.9 Å². The summed E-state index contributed by atoms with van der Waals surface area (Å²) < 4.78 is 0. The Morgan fingerprint density at radius 2 is 1.82 bits per heavy atom. The first-order chi connectivity index (χ1) is 10.3. The Morgan fingerprint density at radius 3 is 2.59 bits per heavy atom. The number of hydrogen-bond acceptors (Lipinski definition) is 1. The number of carbonyl (C=O) groups excluding carboxylic acids is 1. The van der Waals surface area contributed by atoms with Gasteiger partial charge in [0.1, 0.15) is 5.78 Å². The normalized spacial score (nSPS) is 57.2. The van der Waals surface area contributed by atoms with Crippen LogP contribution in [0.3, 0.4) is 0 Å². The van der Waals surface area contributed by atoms with Crippen molar-refractivity contribution in [3.05, 3.63) is 12.2 Å². The fourth-order valence-corrected chi connectivity index (χ4v) is 7.69. The summed E-state index contributed by atoms with van der Waals surface area (Å²) in [7, 11) is 0. The summed E-state index contributed by atoms with van der Waals surface area (Å²) in [6.45, 7) is 10.0. The lowest BCUT2D eigenvalue weighted by molar-refractivity contribution is -0.176. The van der Waals surface area contributed by atoms with E-state index in [4.69, 9.17) is 0 Å². The molecule has 4 rings (SSSR count). The largest absolute Gasteiger partial charge is 0.299 e. The van der Waals surface area contributed by atoms with Gasteiger partial charge in [0.25, 0.3) is 0 Å². The summed E-state index contributed by atoms with van der Waals surface area (Å²) in [6, 6.07) is 0. The van der Waals surface area contributed by atoms with Crippen LogP contribution in [0.1, 0.15) is 72.6 Å². The van der Waals surface area contributed by atoms with Gasteiger partial charge in [-0.15, -0.1) is 0 Å². The van der Waals surface area contributed by atoms with E-state index in [2.05, 4.69) is 39.8 Å². The standard InChI is InChI=1S/C21H32O/c1-14-6-5-11-19(2)15(14)9-12-21(4)18(19)8-7-16-17(22)10-13-20(16,21)3/h5-6,14-16,18H,7-13H2,1-4H3/t14-,15+,16-,18+,19+,20+,21+/m1/s1. The minimum absolute atomic E-state index is 0.269. The Hall–Kier alpha value is -0.590. The molecule has 0 aliphatic heterocycles. The van der Waals surface area contributed by atoms with E-state index < -0.39 is 0 Å². The van der Waals surface area contributed by atoms with Crippen molar-refractivity contribution in [3.8, 4) is 0 Å². The van der Waals surface area contributed by atoms with Gasteiger partial charge in [-0.2, -0.15) is 0 Å². The molecule has 7 atom stereocenters. The quantitative estimate of drug-likeness (QED) is 0.547. The lowest BCUT2D eigenvalue weighted by atomic mass is 9.38. The van der Waals surface area contributed by atoms with Gasteiger partial charge in [0.05, 0.1) is 0 Å². The van der Waals surface area contributed by atoms with Gasteiger partial charge in [-0.25, -0.2) is 0 Å². The van der Waals surface area contributed by atoms with Crippen LogP contribution in [0.4, 0.5) is 0 Å². The average molecular weight is 300 g/mol. The average Bonchev–Trinajstić information content (AvgIpc) is 2.76. The molecule has 3 saturated carbocycles. The molecule has 0 saturated heterocycles. The molecule has 0 bridgehead atoms. The summed E-state index contributed by atoms with van der Waals surface area (Å²) in [6.07, 6.45) is 13.3. The van der Waals surface area contributed by atoms with Crippen LogP contribution in [0.2, 0.25) is 0 Å². The maximum absolute atomic E-state index is 12.4. The molecule has 0 N–H and O–H groups in total. The predicted octanol–water partition coefficient (Wildman–Crippen LogP) is 5.40. The van der Waals surface area contributed by atoms with E-state index in [1.165, 1.54) is 25.7 Å². The molecule has 0 aromatic rings. The first-order valence-electron chi connectivity index (χ1n) is 9.52. The molecule has 0 aromatic heterocycles. The molecule has 122 valence electrons. The second-order valence-corrected chi connectivity index (χ2v) is 9.63. The highest BCUT2D eigenvalue weighted by molar-refractivity contribution is 5.84. The molecular formula is C21H32O. The fourth-order valence-electron chi connectivity index (χ4n) is 7.69. The van der Waals surface area contributed by atoms with Gasteiger partial charge in [-0.1, -0.05) is 39.8 Å². The highest BCUT2D eigenvalue weighted by Crippen LogP contribution is 2.72. The van der Waals surface area contributed by atoms with E-state index in [-0.39, 0.29) is 5.41 Å². The van der Waals surface area contributed by atoms with E-state index >= 15 is 0 Å². The Morgan fingerprint density at radius 1 is 1.05 bits per heavy atom. The first kappa shape index (κ1) is 15.0. The SMILES string of the molecule is C[C@@H]1C=CC[C@@]2(C)[C@H]1CC[C@@]1(C)[C@H]2CC[C@@H]2C(=O)CC[C@@]21C. The van der Waals surface area contributed by atoms with Gasteiger partial charge in [0, 0.05) is 12.3 Å². The van der Waals surface area contributed by atoms with Crippen LogP contribution in [-0.2, 0) is 4.79 Å². The monoisotopic (exact) mass is 300 g/mol. The van der Waals surface area contributed by atoms with Crippen LogP contribution in [0.5, 0.6) is 0 Å². The third-order valence-electron chi connectivity index (χ3n) is 9.12. The smallest absolute Gasteiger partial charge is 0.136 e. The van der Waals surface area contributed by atoms with Crippen molar-refractivity contribution >= 4 is 5.78 Å². The van der Waals surface area contributed by atoms with E-state index in [0.717, 1.165) is 37.0 Å². The summed E-state index contributed by atoms with van der Waals surface area (Å²) >= 11 is 0. The van der Waals surface area contributed by atoms with Crippen LogP contribution in [0.25, 0.3) is 0 Å². The lowest BCUT2D eigenvalue weighted by Crippen LogP contribution is -2.60. The zero-order chi connectivity index (χ0) is 15.8. The van der Waals surface area contributed by atoms with Crippen LogP contribution < -0.4 is 0 Å². The number of hydrogen-bond donors (Lipinski definition) is 0. The second kappa shape index (κ2) is 4.48. The van der Waals surface area contributed by atoms with E-state index in [1.54, 1.807) is 0 Å². The fraction of sp³-hybridized carbons (Fsp3) is 0.857. The number of carbonyl (C=O) groups is 1. The molecule has 1 nitrogen and oxygen atoms in total. The number of fused-ring (bicyclic) bond motifs is 5. The molecule has 0 heterocycles. The van der Waals surface area contributed by atoms with Crippen molar-refractivity contribution in [1.82, 2.24) is 0 Å². The van der Waals surface area contributed by atoms with Crippen molar-refractivity contribution < 1.29 is 4.79 Å². The van der Waals surface area contributed by atoms with Crippen LogP contribution in [0, 0.1) is 39.9 Å². The van der Waals surface area contributed by atoms with Gasteiger partial charge in [-0.3, -0.25) is 4.79 Å². The number of rotatable bonds is 0. The molecule has 0 aromatic carbocycles. The van der Waals surface area contributed by atoms with E-state index in [9.17, 15) is 4.79 Å². The first-order valence-corrected chi connectivity index (χ1v) is 9.52. The second-order valence-electron chi connectivity index (χ2n) is 9.63. The summed E-state index contributed by atoms with van der Waals surface area (Å²) in [5, 5.41) is 0. The van der Waals surface area contributed by atoms with Gasteiger partial charge < -0.3 is 0 Å². The highest BCUT2D eigenvalue weighted by atomic mass is 16.1. The van der Waals surface area contributed by atoms with Crippen LogP contribution >= 0.6 is 0 Å². The molecule has 4 aliphatic rings. The number of allylic oxidation sites excluding steroid dienone is 2. The number of ketones is 1. The molecule has 0 spiro atoms. The van der Waals surface area contributed by atoms with Crippen molar-refractivity contribution in [2.75, 3.05) is 0 Å². The van der Waals surface area contributed by atoms with Crippen LogP contribution in [0.15, 0.2) is 12.2 Å². The summed E-state index contributed by atoms with van der Waals surface area (Å²) in [4.78, 5) is 12.4. The Labute approximate surface area is 135 Å². The zero-order valence-corrected chi connectivity index (χ0v) is 14.8. The maximum atomic E-state index is 12.4. The lowest BCUT2D eigenvalue weighted by Gasteiger charge is -2.66. The van der Waals surface area contributed by atoms with Crippen molar-refractivity contribution in [1.29, 1.82) is 0 Å². The molecular weight excluding hydrogens is 268 g/mol.